The fourth-order valence-electron chi connectivity index (χ4n) is 1.90. The number of methoxy groups -OCH3 is 1. The highest BCUT2D eigenvalue weighted by Gasteiger charge is 2.26. The first-order chi connectivity index (χ1) is 11.9. The van der Waals surface area contributed by atoms with Gasteiger partial charge in [-0.2, -0.15) is 0 Å². The predicted molar refractivity (Wildman–Crippen MR) is 91.5 cm³/mol. The van der Waals surface area contributed by atoms with Crippen LogP contribution in [-0.4, -0.2) is 43.4 Å². The number of nitrogens with one attached hydrogen (secondary N) is 1. The number of esters is 2. The molecule has 0 aromatic heterocycles. The molecule has 0 fully saturated rings. The van der Waals surface area contributed by atoms with Gasteiger partial charge in [-0.1, -0.05) is 32.4 Å². The largest absolute Gasteiger partial charge is 0.467 e. The first kappa shape index (κ1) is 21.0. The number of amides is 1. The van der Waals surface area contributed by atoms with E-state index in [2.05, 4.69) is 10.1 Å². The molecule has 6 nitrogen and oxygen atoms in total. The summed E-state index contributed by atoms with van der Waals surface area (Å²) < 4.78 is 22.9. The number of carbonyl (C=O) groups is 3. The number of rotatable bonds is 9. The number of thioether (sulfide) groups is 1. The normalized spacial score (nSPS) is 12.8. The zero-order valence-corrected chi connectivity index (χ0v) is 15.2. The summed E-state index contributed by atoms with van der Waals surface area (Å²) >= 11 is 0.982. The van der Waals surface area contributed by atoms with Crippen molar-refractivity contribution in [2.24, 2.45) is 5.92 Å². The molecule has 1 aromatic carbocycles. The fourth-order valence-corrected chi connectivity index (χ4v) is 2.63. The Morgan fingerprint density at radius 2 is 1.96 bits per heavy atom. The first-order valence-corrected chi connectivity index (χ1v) is 8.77. The van der Waals surface area contributed by atoms with Crippen LogP contribution in [-0.2, 0) is 23.9 Å². The molecule has 0 heterocycles. The highest BCUT2D eigenvalue weighted by Crippen LogP contribution is 2.21. The number of hydrogen-bond acceptors (Lipinski definition) is 6. The Labute approximate surface area is 150 Å². The minimum Gasteiger partial charge on any atom is -0.467 e. The summed E-state index contributed by atoms with van der Waals surface area (Å²) in [5.74, 6) is -2.47. The van der Waals surface area contributed by atoms with E-state index in [0.29, 0.717) is 11.3 Å². The monoisotopic (exact) mass is 371 g/mol. The van der Waals surface area contributed by atoms with E-state index in [1.54, 1.807) is 25.1 Å². The number of halogens is 1. The lowest BCUT2D eigenvalue weighted by Gasteiger charge is -2.21. The molecule has 0 aliphatic heterocycles. The molecule has 2 atom stereocenters. The third kappa shape index (κ3) is 7.13. The molecule has 25 heavy (non-hydrogen) atoms. The van der Waals surface area contributed by atoms with Crippen molar-refractivity contribution in [3.05, 3.63) is 30.1 Å². The highest BCUT2D eigenvalue weighted by molar-refractivity contribution is 8.00. The standard InChI is InChI=1S/C17H22FNO5S/c1-4-11(2)16(17(22)23-3)19-14(20)9-24-15(21)10-25-13-8-6-5-7-12(13)18/h5-8,11,16H,4,9-10H2,1-3H3,(H,19,20)/t11-,16+/m1/s1. The third-order valence-corrected chi connectivity index (χ3v) is 4.55. The second-order valence-corrected chi connectivity index (χ2v) is 6.35. The van der Waals surface area contributed by atoms with Crippen molar-refractivity contribution >= 4 is 29.6 Å². The molecule has 0 radical (unpaired) electrons. The Kier molecular flexibility index (Phi) is 8.98. The highest BCUT2D eigenvalue weighted by atomic mass is 32.2. The molecule has 1 aromatic rings. The van der Waals surface area contributed by atoms with Gasteiger partial charge in [-0.3, -0.25) is 9.59 Å². The lowest BCUT2D eigenvalue weighted by atomic mass is 9.99. The summed E-state index contributed by atoms with van der Waals surface area (Å²) in [4.78, 5) is 35.5. The van der Waals surface area contributed by atoms with Crippen LogP contribution >= 0.6 is 11.8 Å². The summed E-state index contributed by atoms with van der Waals surface area (Å²) in [6, 6.07) is 5.26. The van der Waals surface area contributed by atoms with Crippen molar-refractivity contribution in [1.82, 2.24) is 5.32 Å². The number of hydrogen-bond donors (Lipinski definition) is 1. The fraction of sp³-hybridized carbons (Fsp3) is 0.471. The number of carbonyl (C=O) groups excluding carboxylic acids is 3. The van der Waals surface area contributed by atoms with Gasteiger partial charge in [-0.25, -0.2) is 9.18 Å². The van der Waals surface area contributed by atoms with Crippen molar-refractivity contribution in [2.75, 3.05) is 19.5 Å². The molecule has 0 bridgehead atoms. The smallest absolute Gasteiger partial charge is 0.328 e. The average Bonchev–Trinajstić information content (AvgIpc) is 2.62. The zero-order valence-electron chi connectivity index (χ0n) is 14.4. The molecule has 0 saturated carbocycles. The molecular formula is C17H22FNO5S. The van der Waals surface area contributed by atoms with E-state index in [9.17, 15) is 18.8 Å². The van der Waals surface area contributed by atoms with Crippen LogP contribution in [0.2, 0.25) is 0 Å². The van der Waals surface area contributed by atoms with Crippen LogP contribution in [0.25, 0.3) is 0 Å². The van der Waals surface area contributed by atoms with Gasteiger partial charge in [0.15, 0.2) is 6.61 Å². The summed E-state index contributed by atoms with van der Waals surface area (Å²) in [7, 11) is 1.24. The van der Waals surface area contributed by atoms with Crippen molar-refractivity contribution in [3.8, 4) is 0 Å². The van der Waals surface area contributed by atoms with Gasteiger partial charge in [0.05, 0.1) is 12.9 Å². The van der Waals surface area contributed by atoms with E-state index in [-0.39, 0.29) is 11.7 Å². The lowest BCUT2D eigenvalue weighted by Crippen LogP contribution is -2.47. The van der Waals surface area contributed by atoms with Crippen LogP contribution in [0.4, 0.5) is 4.39 Å². The van der Waals surface area contributed by atoms with Gasteiger partial charge in [-0.15, -0.1) is 11.8 Å². The van der Waals surface area contributed by atoms with Gasteiger partial charge in [-0.05, 0) is 18.1 Å². The summed E-state index contributed by atoms with van der Waals surface area (Å²) in [6.45, 7) is 3.17. The molecule has 1 N–H and O–H groups in total. The van der Waals surface area contributed by atoms with Gasteiger partial charge >= 0.3 is 11.9 Å². The van der Waals surface area contributed by atoms with Gasteiger partial charge in [0.25, 0.3) is 5.91 Å². The minimum absolute atomic E-state index is 0.122. The Hall–Kier alpha value is -2.09. The van der Waals surface area contributed by atoms with E-state index in [0.717, 1.165) is 11.8 Å². The lowest BCUT2D eigenvalue weighted by molar-refractivity contribution is -0.149. The second-order valence-electron chi connectivity index (χ2n) is 5.33. The topological polar surface area (TPSA) is 81.7 Å². The summed E-state index contributed by atoms with van der Waals surface area (Å²) in [5, 5.41) is 2.50. The van der Waals surface area contributed by atoms with Crippen LogP contribution in [0, 0.1) is 11.7 Å². The minimum atomic E-state index is -0.797. The molecule has 1 amide bonds. The third-order valence-electron chi connectivity index (χ3n) is 3.53. The van der Waals surface area contributed by atoms with E-state index in [1.807, 2.05) is 6.92 Å². The van der Waals surface area contributed by atoms with E-state index < -0.39 is 36.3 Å². The summed E-state index contributed by atoms with van der Waals surface area (Å²) in [6.07, 6.45) is 0.666. The molecule has 1 rings (SSSR count). The Morgan fingerprint density at radius 1 is 1.28 bits per heavy atom. The van der Waals surface area contributed by atoms with Crippen LogP contribution in [0.1, 0.15) is 20.3 Å². The summed E-state index contributed by atoms with van der Waals surface area (Å²) in [5.41, 5.74) is 0. The van der Waals surface area contributed by atoms with Crippen molar-refractivity contribution in [3.63, 3.8) is 0 Å². The number of benzene rings is 1. The maximum atomic E-state index is 13.4. The quantitative estimate of drug-likeness (QED) is 0.529. The van der Waals surface area contributed by atoms with Gasteiger partial charge in [0, 0.05) is 4.90 Å². The van der Waals surface area contributed by atoms with Crippen molar-refractivity contribution in [1.29, 1.82) is 0 Å². The maximum Gasteiger partial charge on any atom is 0.328 e. The molecule has 0 spiro atoms. The average molecular weight is 371 g/mol. The molecule has 0 saturated heterocycles. The Bertz CT molecular complexity index is 610. The van der Waals surface area contributed by atoms with Gasteiger partial charge in [0.2, 0.25) is 0 Å². The van der Waals surface area contributed by atoms with E-state index in [4.69, 9.17) is 4.74 Å². The molecule has 0 aliphatic carbocycles. The Morgan fingerprint density at radius 3 is 2.56 bits per heavy atom. The number of ether oxygens (including phenoxy) is 2. The van der Waals surface area contributed by atoms with Crippen LogP contribution < -0.4 is 5.32 Å². The van der Waals surface area contributed by atoms with Gasteiger partial charge < -0.3 is 14.8 Å². The first-order valence-electron chi connectivity index (χ1n) is 7.79. The van der Waals surface area contributed by atoms with Crippen LogP contribution in [0.5, 0.6) is 0 Å². The molecule has 0 unspecified atom stereocenters. The van der Waals surface area contributed by atoms with Crippen molar-refractivity contribution < 1.29 is 28.2 Å². The SMILES string of the molecule is CC[C@@H](C)[C@H](NC(=O)COC(=O)CSc1ccccc1F)C(=O)OC. The zero-order chi connectivity index (χ0) is 18.8. The van der Waals surface area contributed by atoms with Crippen LogP contribution in [0.3, 0.4) is 0 Å². The van der Waals surface area contributed by atoms with Crippen molar-refractivity contribution in [2.45, 2.75) is 31.2 Å². The predicted octanol–water partition coefficient (Wildman–Crippen LogP) is 2.16. The maximum absolute atomic E-state index is 13.4. The Balaban J connectivity index is 2.42. The molecular weight excluding hydrogens is 349 g/mol. The van der Waals surface area contributed by atoms with E-state index >= 15 is 0 Å². The molecule has 138 valence electrons. The molecule has 8 heteroatoms. The molecule has 0 aliphatic rings. The van der Waals surface area contributed by atoms with Crippen LogP contribution in [0.15, 0.2) is 29.2 Å². The van der Waals surface area contributed by atoms with E-state index in [1.165, 1.54) is 13.2 Å². The second kappa shape index (κ2) is 10.7. The van der Waals surface area contributed by atoms with Gasteiger partial charge in [0.1, 0.15) is 11.9 Å².